The summed E-state index contributed by atoms with van der Waals surface area (Å²) in [6.45, 7) is 7.54. The summed E-state index contributed by atoms with van der Waals surface area (Å²) < 4.78 is 11.2. The number of carbonyl (C=O) groups excluding carboxylic acids is 2. The van der Waals surface area contributed by atoms with Crippen molar-refractivity contribution in [3.8, 4) is 0 Å². The van der Waals surface area contributed by atoms with Gasteiger partial charge in [-0.2, -0.15) is 0 Å². The van der Waals surface area contributed by atoms with E-state index in [1.165, 1.54) is 19.4 Å². The van der Waals surface area contributed by atoms with Crippen LogP contribution < -0.4 is 0 Å². The van der Waals surface area contributed by atoms with Crippen LogP contribution in [-0.4, -0.2) is 35.1 Å². The van der Waals surface area contributed by atoms with E-state index in [1.807, 2.05) is 0 Å². The predicted molar refractivity (Wildman–Crippen MR) is 107 cm³/mol. The Morgan fingerprint density at radius 3 is 2.41 bits per heavy atom. The first-order valence-electron chi connectivity index (χ1n) is 11.0. The van der Waals surface area contributed by atoms with Gasteiger partial charge in [-0.05, 0) is 61.9 Å². The lowest BCUT2D eigenvalue weighted by Crippen LogP contribution is -2.54. The summed E-state index contributed by atoms with van der Waals surface area (Å²) in [5.41, 5.74) is 1.98. The fourth-order valence-corrected chi connectivity index (χ4v) is 7.17. The standard InChI is InChI=1S/C23H33NO5/c1-13(25)28-16-7-9-22(3)15(11-16)12-19(24-27)21-17-5-6-20(29-14(2)26)23(17,4)10-8-18(21)22/h12,16-18,20-21,27H,5-11H2,1-4H3/t16-,17-,18-,20-,21-,22-,23-/m0/s1. The number of carbonyl (C=O) groups is 2. The van der Waals surface area contributed by atoms with Gasteiger partial charge >= 0.3 is 11.9 Å². The van der Waals surface area contributed by atoms with Crippen molar-refractivity contribution in [3.63, 3.8) is 0 Å². The third-order valence-electron chi connectivity index (χ3n) is 8.59. The lowest BCUT2D eigenvalue weighted by molar-refractivity contribution is -0.155. The highest BCUT2D eigenvalue weighted by molar-refractivity contribution is 5.99. The van der Waals surface area contributed by atoms with Crippen LogP contribution >= 0.6 is 0 Å². The summed E-state index contributed by atoms with van der Waals surface area (Å²) in [6, 6.07) is 0. The Morgan fingerprint density at radius 2 is 1.76 bits per heavy atom. The van der Waals surface area contributed by atoms with Crippen LogP contribution in [-0.2, 0) is 19.1 Å². The van der Waals surface area contributed by atoms with Gasteiger partial charge < -0.3 is 14.7 Å². The van der Waals surface area contributed by atoms with Crippen LogP contribution in [0.25, 0.3) is 0 Å². The topological polar surface area (TPSA) is 85.2 Å². The van der Waals surface area contributed by atoms with E-state index >= 15 is 0 Å². The third-order valence-corrected chi connectivity index (χ3v) is 8.59. The van der Waals surface area contributed by atoms with Crippen LogP contribution in [0.15, 0.2) is 16.8 Å². The monoisotopic (exact) mass is 403 g/mol. The van der Waals surface area contributed by atoms with Crippen LogP contribution in [0.2, 0.25) is 0 Å². The molecular weight excluding hydrogens is 370 g/mol. The van der Waals surface area contributed by atoms with Crippen molar-refractivity contribution in [3.05, 3.63) is 11.6 Å². The Bertz CT molecular complexity index is 773. The largest absolute Gasteiger partial charge is 0.462 e. The zero-order valence-corrected chi connectivity index (χ0v) is 17.9. The molecule has 6 heteroatoms. The SMILES string of the molecule is CC(=O)O[C@H]1CC[C@@]2(C)C(=CC(=NO)[C@H]3[C@@H]4CC[C@H](OC(C)=O)[C@@]4(C)CC[C@@H]32)C1. The molecule has 1 N–H and O–H groups in total. The zero-order chi connectivity index (χ0) is 21.0. The molecular formula is C23H33NO5. The Hall–Kier alpha value is -1.85. The number of esters is 2. The molecule has 29 heavy (non-hydrogen) atoms. The fraction of sp³-hybridized carbons (Fsp3) is 0.783. The van der Waals surface area contributed by atoms with Gasteiger partial charge in [-0.25, -0.2) is 0 Å². The second-order valence-corrected chi connectivity index (χ2v) is 10.0. The Labute approximate surface area is 172 Å². The molecule has 0 spiro atoms. The number of allylic oxidation sites excluding steroid dienone is 1. The van der Waals surface area contributed by atoms with E-state index in [0.29, 0.717) is 11.8 Å². The van der Waals surface area contributed by atoms with E-state index in [-0.39, 0.29) is 40.9 Å². The Balaban J connectivity index is 1.66. The van der Waals surface area contributed by atoms with Gasteiger partial charge in [0, 0.05) is 31.6 Å². The first kappa shape index (κ1) is 20.4. The molecule has 0 amide bonds. The molecule has 4 aliphatic rings. The average molecular weight is 404 g/mol. The first-order valence-corrected chi connectivity index (χ1v) is 11.0. The number of oxime groups is 1. The van der Waals surface area contributed by atoms with Crippen molar-refractivity contribution in [1.82, 2.24) is 0 Å². The van der Waals surface area contributed by atoms with Crippen molar-refractivity contribution in [2.75, 3.05) is 0 Å². The molecule has 6 nitrogen and oxygen atoms in total. The van der Waals surface area contributed by atoms with Crippen molar-refractivity contribution < 1.29 is 24.3 Å². The summed E-state index contributed by atoms with van der Waals surface area (Å²) in [7, 11) is 0. The number of rotatable bonds is 2. The number of hydrogen-bond donors (Lipinski definition) is 1. The molecule has 160 valence electrons. The van der Waals surface area contributed by atoms with Crippen LogP contribution in [0.1, 0.15) is 72.6 Å². The molecule has 0 aromatic rings. The Morgan fingerprint density at radius 1 is 1.03 bits per heavy atom. The molecule has 4 rings (SSSR count). The van der Waals surface area contributed by atoms with Crippen molar-refractivity contribution in [1.29, 1.82) is 0 Å². The van der Waals surface area contributed by atoms with Crippen molar-refractivity contribution in [2.24, 2.45) is 33.7 Å². The molecule has 0 saturated heterocycles. The maximum atomic E-state index is 11.6. The maximum absolute atomic E-state index is 11.6. The molecule has 7 atom stereocenters. The zero-order valence-electron chi connectivity index (χ0n) is 17.9. The smallest absolute Gasteiger partial charge is 0.302 e. The van der Waals surface area contributed by atoms with E-state index < -0.39 is 0 Å². The highest BCUT2D eigenvalue weighted by Gasteiger charge is 2.61. The van der Waals surface area contributed by atoms with E-state index in [2.05, 4.69) is 25.1 Å². The van der Waals surface area contributed by atoms with Gasteiger partial charge in [0.25, 0.3) is 0 Å². The van der Waals surface area contributed by atoms with Crippen LogP contribution in [0.3, 0.4) is 0 Å². The summed E-state index contributed by atoms with van der Waals surface area (Å²) in [5.74, 6) is 0.480. The fourth-order valence-electron chi connectivity index (χ4n) is 7.17. The van der Waals surface area contributed by atoms with Crippen LogP contribution in [0, 0.1) is 28.6 Å². The van der Waals surface area contributed by atoms with Crippen LogP contribution in [0.5, 0.6) is 0 Å². The molecule has 4 aliphatic carbocycles. The van der Waals surface area contributed by atoms with E-state index in [4.69, 9.17) is 9.47 Å². The second kappa shape index (κ2) is 7.13. The van der Waals surface area contributed by atoms with Gasteiger partial charge in [0.2, 0.25) is 0 Å². The number of nitrogens with zero attached hydrogens (tertiary/aromatic N) is 1. The summed E-state index contributed by atoms with van der Waals surface area (Å²) in [5, 5.41) is 13.6. The van der Waals surface area contributed by atoms with E-state index in [9.17, 15) is 14.8 Å². The first-order chi connectivity index (χ1) is 13.7. The van der Waals surface area contributed by atoms with Gasteiger partial charge in [0.1, 0.15) is 12.2 Å². The minimum atomic E-state index is -0.236. The third kappa shape index (κ3) is 3.19. The van der Waals surface area contributed by atoms with E-state index in [1.54, 1.807) is 0 Å². The van der Waals surface area contributed by atoms with Gasteiger partial charge in [-0.15, -0.1) is 0 Å². The molecule has 0 bridgehead atoms. The summed E-state index contributed by atoms with van der Waals surface area (Å²) in [4.78, 5) is 23.1. The summed E-state index contributed by atoms with van der Waals surface area (Å²) >= 11 is 0. The molecule has 0 aromatic heterocycles. The summed E-state index contributed by atoms with van der Waals surface area (Å²) in [6.07, 6.45) is 8.42. The molecule has 0 heterocycles. The van der Waals surface area contributed by atoms with Gasteiger partial charge in [0.05, 0.1) is 5.71 Å². The molecule has 0 unspecified atom stereocenters. The van der Waals surface area contributed by atoms with E-state index in [0.717, 1.165) is 50.7 Å². The lowest BCUT2D eigenvalue weighted by atomic mass is 9.47. The molecule has 3 fully saturated rings. The second-order valence-electron chi connectivity index (χ2n) is 10.0. The van der Waals surface area contributed by atoms with Gasteiger partial charge in [0.15, 0.2) is 0 Å². The minimum absolute atomic E-state index is 0.0381. The number of ether oxygens (including phenoxy) is 2. The lowest BCUT2D eigenvalue weighted by Gasteiger charge is -2.57. The highest BCUT2D eigenvalue weighted by atomic mass is 16.5. The highest BCUT2D eigenvalue weighted by Crippen LogP contribution is 2.64. The normalized spacial score (nSPS) is 44.9. The van der Waals surface area contributed by atoms with Gasteiger partial charge in [-0.3, -0.25) is 9.59 Å². The van der Waals surface area contributed by atoms with Crippen molar-refractivity contribution >= 4 is 17.7 Å². The molecule has 0 aliphatic heterocycles. The number of hydrogen-bond acceptors (Lipinski definition) is 6. The quantitative estimate of drug-likeness (QED) is 0.423. The van der Waals surface area contributed by atoms with Gasteiger partial charge in [-0.1, -0.05) is 24.6 Å². The molecule has 3 saturated carbocycles. The van der Waals surface area contributed by atoms with Crippen molar-refractivity contribution in [2.45, 2.75) is 84.8 Å². The molecule has 0 radical (unpaired) electrons. The Kier molecular flexibility index (Phi) is 5.02. The molecule has 0 aromatic carbocycles. The predicted octanol–water partition coefficient (Wildman–Crippen LogP) is 4.25. The minimum Gasteiger partial charge on any atom is -0.462 e. The number of fused-ring (bicyclic) bond motifs is 5. The maximum Gasteiger partial charge on any atom is 0.302 e. The van der Waals surface area contributed by atoms with Crippen LogP contribution in [0.4, 0.5) is 0 Å². The average Bonchev–Trinajstić information content (AvgIpc) is 2.97.